The summed E-state index contributed by atoms with van der Waals surface area (Å²) in [6, 6.07) is 24.3. The molecular weight excluding hydrogens is 462 g/mol. The molecule has 8 heteroatoms. The van der Waals surface area contributed by atoms with Crippen LogP contribution in [0.1, 0.15) is 18.4 Å². The van der Waals surface area contributed by atoms with E-state index in [0.717, 1.165) is 38.9 Å². The van der Waals surface area contributed by atoms with Gasteiger partial charge in [-0.2, -0.15) is 0 Å². The third-order valence-corrected chi connectivity index (χ3v) is 7.08. The first-order chi connectivity index (χ1) is 18.1. The molecule has 0 saturated heterocycles. The summed E-state index contributed by atoms with van der Waals surface area (Å²) in [5, 5.41) is 15.3. The van der Waals surface area contributed by atoms with Gasteiger partial charge < -0.3 is 10.8 Å². The number of hydrogen-bond donors (Lipinski definition) is 2. The third kappa shape index (κ3) is 3.66. The lowest BCUT2D eigenvalue weighted by atomic mass is 9.70. The van der Waals surface area contributed by atoms with Crippen molar-refractivity contribution in [3.8, 4) is 34.0 Å². The van der Waals surface area contributed by atoms with Crippen molar-refractivity contribution >= 4 is 16.6 Å². The lowest BCUT2D eigenvalue weighted by Crippen LogP contribution is -2.51. The fourth-order valence-corrected chi connectivity index (χ4v) is 5.13. The van der Waals surface area contributed by atoms with Crippen molar-refractivity contribution < 1.29 is 5.11 Å². The van der Waals surface area contributed by atoms with Crippen LogP contribution in [0.25, 0.3) is 50.6 Å². The molecule has 4 aromatic heterocycles. The van der Waals surface area contributed by atoms with E-state index in [1.807, 2.05) is 30.5 Å². The summed E-state index contributed by atoms with van der Waals surface area (Å²) in [7, 11) is 0. The van der Waals surface area contributed by atoms with E-state index in [2.05, 4.69) is 57.5 Å². The normalized spacial score (nSPS) is 19.2. The van der Waals surface area contributed by atoms with Crippen LogP contribution >= 0.6 is 0 Å². The molecular formula is C29H23N7O. The summed E-state index contributed by atoms with van der Waals surface area (Å²) in [5.74, 6) is 0.940. The zero-order valence-corrected chi connectivity index (χ0v) is 19.9. The molecule has 3 N–H and O–H groups in total. The molecule has 0 bridgehead atoms. The standard InChI is InChI=1S/C29H23N7O/c30-29(16-21(37)17-29)20-9-7-19(8-10-20)25-22(18-5-2-1-3-6-18)15-23-24(33-25)11-14-36-28(23)34-27(35-36)26-31-12-4-13-32-26/h1-15,21,37H,16-17,30H2. The summed E-state index contributed by atoms with van der Waals surface area (Å²) in [6.07, 6.45) is 6.07. The number of aliphatic hydroxyl groups is 1. The van der Waals surface area contributed by atoms with E-state index >= 15 is 0 Å². The average Bonchev–Trinajstić information content (AvgIpc) is 3.38. The number of pyridine rings is 2. The Morgan fingerprint density at radius 1 is 0.838 bits per heavy atom. The lowest BCUT2D eigenvalue weighted by Gasteiger charge is -2.42. The van der Waals surface area contributed by atoms with Crippen molar-refractivity contribution in [3.63, 3.8) is 0 Å². The molecule has 0 amide bonds. The lowest BCUT2D eigenvalue weighted by molar-refractivity contribution is 0.0209. The predicted octanol–water partition coefficient (Wildman–Crippen LogP) is 4.38. The van der Waals surface area contributed by atoms with Crippen LogP contribution in [0.4, 0.5) is 0 Å². The molecule has 0 radical (unpaired) electrons. The second-order valence-corrected chi connectivity index (χ2v) is 9.57. The topological polar surface area (TPSA) is 115 Å². The zero-order chi connectivity index (χ0) is 25.0. The van der Waals surface area contributed by atoms with Crippen LogP contribution in [0.5, 0.6) is 0 Å². The van der Waals surface area contributed by atoms with E-state index in [-0.39, 0.29) is 6.10 Å². The highest BCUT2D eigenvalue weighted by atomic mass is 16.3. The first-order valence-electron chi connectivity index (χ1n) is 12.2. The Morgan fingerprint density at radius 2 is 1.59 bits per heavy atom. The molecule has 0 unspecified atom stereocenters. The summed E-state index contributed by atoms with van der Waals surface area (Å²) >= 11 is 0. The minimum atomic E-state index is -0.462. The van der Waals surface area contributed by atoms with Crippen LogP contribution in [0, 0.1) is 0 Å². The number of hydrogen-bond acceptors (Lipinski definition) is 7. The Hall–Kier alpha value is -4.53. The van der Waals surface area contributed by atoms with Crippen molar-refractivity contribution in [2.45, 2.75) is 24.5 Å². The molecule has 7 rings (SSSR count). The number of fused-ring (bicyclic) bond motifs is 3. The van der Waals surface area contributed by atoms with Gasteiger partial charge in [0.25, 0.3) is 0 Å². The van der Waals surface area contributed by atoms with Gasteiger partial charge >= 0.3 is 0 Å². The Balaban J connectivity index is 1.40. The van der Waals surface area contributed by atoms with E-state index in [1.54, 1.807) is 23.0 Å². The molecule has 180 valence electrons. The highest BCUT2D eigenvalue weighted by molar-refractivity contribution is 5.98. The first-order valence-corrected chi connectivity index (χ1v) is 12.2. The van der Waals surface area contributed by atoms with Crippen molar-refractivity contribution in [1.29, 1.82) is 0 Å². The highest BCUT2D eigenvalue weighted by Gasteiger charge is 2.41. The van der Waals surface area contributed by atoms with Gasteiger partial charge in [-0.15, -0.1) is 5.10 Å². The fraction of sp³-hybridized carbons (Fsp3) is 0.138. The monoisotopic (exact) mass is 485 g/mol. The van der Waals surface area contributed by atoms with E-state index in [9.17, 15) is 5.11 Å². The van der Waals surface area contributed by atoms with Gasteiger partial charge in [0, 0.05) is 40.6 Å². The predicted molar refractivity (Wildman–Crippen MR) is 141 cm³/mol. The minimum absolute atomic E-state index is 0.320. The van der Waals surface area contributed by atoms with Crippen LogP contribution in [0.2, 0.25) is 0 Å². The van der Waals surface area contributed by atoms with Gasteiger partial charge in [-0.1, -0.05) is 54.6 Å². The molecule has 1 aliphatic carbocycles. The van der Waals surface area contributed by atoms with Gasteiger partial charge in [-0.3, -0.25) is 0 Å². The average molecular weight is 486 g/mol. The smallest absolute Gasteiger partial charge is 0.219 e. The van der Waals surface area contributed by atoms with Crippen molar-refractivity contribution in [1.82, 2.24) is 29.5 Å². The van der Waals surface area contributed by atoms with Crippen molar-refractivity contribution in [2.75, 3.05) is 0 Å². The van der Waals surface area contributed by atoms with Crippen LogP contribution in [-0.2, 0) is 5.54 Å². The van der Waals surface area contributed by atoms with Crippen LogP contribution in [-0.4, -0.2) is 40.8 Å². The van der Waals surface area contributed by atoms with Gasteiger partial charge in [0.05, 0.1) is 17.3 Å². The van der Waals surface area contributed by atoms with Gasteiger partial charge in [0.1, 0.15) is 0 Å². The van der Waals surface area contributed by atoms with Gasteiger partial charge in [-0.25, -0.2) is 24.5 Å². The molecule has 6 aromatic rings. The minimum Gasteiger partial charge on any atom is -0.393 e. The van der Waals surface area contributed by atoms with Gasteiger partial charge in [0.15, 0.2) is 11.5 Å². The molecule has 0 atom stereocenters. The van der Waals surface area contributed by atoms with Crippen LogP contribution < -0.4 is 5.73 Å². The molecule has 37 heavy (non-hydrogen) atoms. The second kappa shape index (κ2) is 8.26. The molecule has 2 aromatic carbocycles. The molecule has 8 nitrogen and oxygen atoms in total. The number of nitrogens with two attached hydrogens (primary N) is 1. The summed E-state index contributed by atoms with van der Waals surface area (Å²) in [6.45, 7) is 0. The number of benzene rings is 2. The van der Waals surface area contributed by atoms with Gasteiger partial charge in [-0.05, 0) is 42.2 Å². The summed E-state index contributed by atoms with van der Waals surface area (Å²) in [4.78, 5) is 18.5. The van der Waals surface area contributed by atoms with E-state index in [0.29, 0.717) is 30.1 Å². The maximum absolute atomic E-state index is 9.77. The molecule has 0 spiro atoms. The maximum Gasteiger partial charge on any atom is 0.219 e. The largest absolute Gasteiger partial charge is 0.393 e. The second-order valence-electron chi connectivity index (χ2n) is 9.57. The van der Waals surface area contributed by atoms with Crippen LogP contribution in [0.3, 0.4) is 0 Å². The molecule has 0 aliphatic heterocycles. The zero-order valence-electron chi connectivity index (χ0n) is 19.9. The Kier molecular flexibility index (Phi) is 4.85. The Bertz CT molecular complexity index is 1740. The third-order valence-electron chi connectivity index (χ3n) is 7.08. The molecule has 4 heterocycles. The molecule has 1 fully saturated rings. The Labute approximate surface area is 212 Å². The number of aromatic nitrogens is 6. The van der Waals surface area contributed by atoms with Crippen molar-refractivity contribution in [3.05, 3.63) is 97.0 Å². The van der Waals surface area contributed by atoms with Gasteiger partial charge in [0.2, 0.25) is 5.82 Å². The SMILES string of the molecule is NC1(c2ccc(-c3nc4ccn5nc(-c6ncccn6)nc5c4cc3-c3ccccc3)cc2)CC(O)C1. The quantitative estimate of drug-likeness (QED) is 0.381. The number of nitrogens with zero attached hydrogens (tertiary/aromatic N) is 6. The molecule has 1 saturated carbocycles. The number of rotatable bonds is 4. The highest BCUT2D eigenvalue weighted by Crippen LogP contribution is 2.40. The summed E-state index contributed by atoms with van der Waals surface area (Å²) < 4.78 is 1.74. The van der Waals surface area contributed by atoms with E-state index in [1.165, 1.54) is 0 Å². The maximum atomic E-state index is 9.77. The van der Waals surface area contributed by atoms with Crippen molar-refractivity contribution in [2.24, 2.45) is 5.73 Å². The van der Waals surface area contributed by atoms with Crippen LogP contribution in [0.15, 0.2) is 91.4 Å². The van der Waals surface area contributed by atoms with E-state index < -0.39 is 5.54 Å². The number of aliphatic hydroxyl groups excluding tert-OH is 1. The summed E-state index contributed by atoms with van der Waals surface area (Å²) in [5.41, 5.74) is 12.5. The molecule has 1 aliphatic rings. The first kappa shape index (κ1) is 21.7. The van der Waals surface area contributed by atoms with E-state index in [4.69, 9.17) is 15.7 Å². The fourth-order valence-electron chi connectivity index (χ4n) is 5.13. The Morgan fingerprint density at radius 3 is 2.32 bits per heavy atom.